The number of nitro benzene ring substituents is 1. The fraction of sp³-hybridized carbons (Fsp3) is 0.526. The van der Waals surface area contributed by atoms with Gasteiger partial charge in [-0.1, -0.05) is 30.3 Å². The van der Waals surface area contributed by atoms with Gasteiger partial charge in [0.1, 0.15) is 0 Å². The minimum absolute atomic E-state index is 0.112. The largest absolute Gasteiger partial charge is 0.341 e. The van der Waals surface area contributed by atoms with E-state index >= 15 is 0 Å². The average Bonchev–Trinajstić information content (AvgIpc) is 3.47. The van der Waals surface area contributed by atoms with Gasteiger partial charge in [-0.2, -0.15) is 0 Å². The molecule has 30 heavy (non-hydrogen) atoms. The number of nitro groups is 1. The van der Waals surface area contributed by atoms with Gasteiger partial charge in [0, 0.05) is 31.3 Å². The van der Waals surface area contributed by atoms with E-state index in [0.29, 0.717) is 6.04 Å². The van der Waals surface area contributed by atoms with E-state index in [2.05, 4.69) is 31.9 Å². The van der Waals surface area contributed by atoms with Crippen LogP contribution in [0.25, 0.3) is 0 Å². The predicted molar refractivity (Wildman–Crippen MR) is 116 cm³/mol. The highest BCUT2D eigenvalue weighted by Crippen LogP contribution is 2.41. The Bertz CT molecular complexity index is 956. The van der Waals surface area contributed by atoms with E-state index in [4.69, 9.17) is 11.6 Å². The number of amides is 1. The summed E-state index contributed by atoms with van der Waals surface area (Å²) in [7, 11) is 0. The zero-order valence-electron chi connectivity index (χ0n) is 16.6. The Morgan fingerprint density at radius 3 is 2.70 bits per heavy atom. The third-order valence-electron chi connectivity index (χ3n) is 5.39. The summed E-state index contributed by atoms with van der Waals surface area (Å²) in [5.41, 5.74) is 0.0968. The third kappa shape index (κ3) is 4.70. The molecule has 11 heteroatoms. The maximum absolute atomic E-state index is 12.4. The number of piperidine rings is 1. The molecule has 0 spiro atoms. The van der Waals surface area contributed by atoms with Gasteiger partial charge in [-0.3, -0.25) is 19.5 Å². The van der Waals surface area contributed by atoms with E-state index < -0.39 is 4.92 Å². The Morgan fingerprint density at radius 2 is 2.03 bits per heavy atom. The molecule has 0 bridgehead atoms. The van der Waals surface area contributed by atoms with Crippen LogP contribution < -0.4 is 10.2 Å². The first-order valence-corrected chi connectivity index (χ1v) is 11.3. The smallest absolute Gasteiger partial charge is 0.271 e. The van der Waals surface area contributed by atoms with Crippen molar-refractivity contribution < 1.29 is 9.72 Å². The molecule has 1 N–H and O–H groups in total. The highest BCUT2D eigenvalue weighted by Gasteiger charge is 2.32. The zero-order valence-corrected chi connectivity index (χ0v) is 18.2. The van der Waals surface area contributed by atoms with Gasteiger partial charge in [0.25, 0.3) is 5.69 Å². The lowest BCUT2D eigenvalue weighted by atomic mass is 10.00. The molecule has 2 fully saturated rings. The van der Waals surface area contributed by atoms with Crippen LogP contribution in [0, 0.1) is 16.0 Å². The van der Waals surface area contributed by atoms with Gasteiger partial charge < -0.3 is 10.2 Å². The second kappa shape index (κ2) is 8.81. The van der Waals surface area contributed by atoms with Gasteiger partial charge in [-0.25, -0.2) is 0 Å². The number of nitrogens with one attached hydrogen (secondary N) is 1. The molecule has 1 aromatic heterocycles. The fourth-order valence-corrected chi connectivity index (χ4v) is 4.45. The molecule has 1 aliphatic heterocycles. The SMILES string of the molecule is CC1CCN(c2nnc(SCC(=O)Nc3cc([N+](=O)[O-])ccc3Cl)n2C2CC2)CC1. The van der Waals surface area contributed by atoms with Crippen molar-refractivity contribution in [1.82, 2.24) is 14.8 Å². The molecule has 2 heterocycles. The lowest BCUT2D eigenvalue weighted by Gasteiger charge is -2.31. The second-order valence-corrected chi connectivity index (χ2v) is 9.16. The van der Waals surface area contributed by atoms with Crippen LogP contribution in [-0.4, -0.2) is 44.4 Å². The third-order valence-corrected chi connectivity index (χ3v) is 6.66. The highest BCUT2D eigenvalue weighted by atomic mass is 35.5. The van der Waals surface area contributed by atoms with Crippen molar-refractivity contribution in [3.05, 3.63) is 33.3 Å². The summed E-state index contributed by atoms with van der Waals surface area (Å²) >= 11 is 7.38. The summed E-state index contributed by atoms with van der Waals surface area (Å²) in [5.74, 6) is 1.44. The van der Waals surface area contributed by atoms with E-state index in [1.807, 2.05) is 0 Å². The van der Waals surface area contributed by atoms with Crippen LogP contribution in [0.3, 0.4) is 0 Å². The van der Waals surface area contributed by atoms with Crippen LogP contribution in [0.5, 0.6) is 0 Å². The number of hydrogen-bond acceptors (Lipinski definition) is 7. The predicted octanol–water partition coefficient (Wildman–Crippen LogP) is 4.14. The number of carbonyl (C=O) groups excluding carboxylic acids is 1. The zero-order chi connectivity index (χ0) is 21.3. The van der Waals surface area contributed by atoms with Gasteiger partial charge in [-0.15, -0.1) is 10.2 Å². The van der Waals surface area contributed by atoms with Crippen molar-refractivity contribution in [3.63, 3.8) is 0 Å². The molecular weight excluding hydrogens is 428 g/mol. The number of carbonyl (C=O) groups is 1. The average molecular weight is 451 g/mol. The Kier molecular flexibility index (Phi) is 6.14. The number of hydrogen-bond donors (Lipinski definition) is 1. The van der Waals surface area contributed by atoms with Crippen LogP contribution in [0.4, 0.5) is 17.3 Å². The first-order chi connectivity index (χ1) is 14.4. The maximum Gasteiger partial charge on any atom is 0.271 e. The molecule has 1 saturated heterocycles. The molecule has 1 aliphatic carbocycles. The Balaban J connectivity index is 1.42. The van der Waals surface area contributed by atoms with E-state index in [-0.39, 0.29) is 28.1 Å². The van der Waals surface area contributed by atoms with Crippen LogP contribution in [0.15, 0.2) is 23.4 Å². The van der Waals surface area contributed by atoms with Crippen molar-refractivity contribution in [1.29, 1.82) is 0 Å². The van der Waals surface area contributed by atoms with Crippen molar-refractivity contribution >= 4 is 46.6 Å². The summed E-state index contributed by atoms with van der Waals surface area (Å²) in [5, 5.41) is 23.3. The molecule has 0 atom stereocenters. The molecule has 160 valence electrons. The van der Waals surface area contributed by atoms with Gasteiger partial charge in [0.05, 0.1) is 21.4 Å². The summed E-state index contributed by atoms with van der Waals surface area (Å²) in [6.45, 7) is 4.22. The van der Waals surface area contributed by atoms with E-state index in [1.54, 1.807) is 0 Å². The molecule has 2 aromatic rings. The summed E-state index contributed by atoms with van der Waals surface area (Å²) < 4.78 is 2.16. The highest BCUT2D eigenvalue weighted by molar-refractivity contribution is 7.99. The van der Waals surface area contributed by atoms with Crippen LogP contribution in [-0.2, 0) is 4.79 Å². The molecular formula is C19H23ClN6O3S. The number of benzene rings is 1. The van der Waals surface area contributed by atoms with Gasteiger partial charge in [0.2, 0.25) is 11.9 Å². The molecule has 2 aliphatic rings. The number of aromatic nitrogens is 3. The molecule has 1 amide bonds. The van der Waals surface area contributed by atoms with Crippen LogP contribution in [0.2, 0.25) is 5.02 Å². The minimum Gasteiger partial charge on any atom is -0.341 e. The quantitative estimate of drug-likeness (QED) is 0.383. The number of nitrogens with zero attached hydrogens (tertiary/aromatic N) is 5. The number of rotatable bonds is 7. The van der Waals surface area contributed by atoms with Gasteiger partial charge in [0.15, 0.2) is 5.16 Å². The second-order valence-electron chi connectivity index (χ2n) is 7.81. The van der Waals surface area contributed by atoms with Crippen molar-refractivity contribution in [3.8, 4) is 0 Å². The molecule has 9 nitrogen and oxygen atoms in total. The summed E-state index contributed by atoms with van der Waals surface area (Å²) in [4.78, 5) is 25.1. The van der Waals surface area contributed by atoms with Gasteiger partial charge in [-0.05, 0) is 37.7 Å². The van der Waals surface area contributed by atoms with Crippen molar-refractivity contribution in [2.75, 3.05) is 29.1 Å². The molecule has 0 radical (unpaired) electrons. The Hall–Kier alpha value is -2.33. The molecule has 0 unspecified atom stereocenters. The molecule has 1 saturated carbocycles. The topological polar surface area (TPSA) is 106 Å². The van der Waals surface area contributed by atoms with Crippen LogP contribution in [0.1, 0.15) is 38.6 Å². The normalized spacial score (nSPS) is 17.2. The number of non-ortho nitro benzene ring substituents is 1. The first-order valence-electron chi connectivity index (χ1n) is 9.99. The van der Waals surface area contributed by atoms with Crippen LogP contribution >= 0.6 is 23.4 Å². The van der Waals surface area contributed by atoms with E-state index in [1.165, 1.54) is 30.0 Å². The Labute approximate surface area is 183 Å². The summed E-state index contributed by atoms with van der Waals surface area (Å²) in [6.07, 6.45) is 4.48. The lowest BCUT2D eigenvalue weighted by molar-refractivity contribution is -0.384. The van der Waals surface area contributed by atoms with Crippen molar-refractivity contribution in [2.45, 2.75) is 43.8 Å². The first kappa shape index (κ1) is 20.9. The monoisotopic (exact) mass is 450 g/mol. The van der Waals surface area contributed by atoms with Gasteiger partial charge >= 0.3 is 0 Å². The molecule has 1 aromatic carbocycles. The number of thioether (sulfide) groups is 1. The lowest BCUT2D eigenvalue weighted by Crippen LogP contribution is -2.34. The molecule has 4 rings (SSSR count). The maximum atomic E-state index is 12.4. The van der Waals surface area contributed by atoms with E-state index in [0.717, 1.165) is 55.8 Å². The Morgan fingerprint density at radius 1 is 1.30 bits per heavy atom. The fourth-order valence-electron chi connectivity index (χ4n) is 3.48. The minimum atomic E-state index is -0.526. The number of anilines is 2. The van der Waals surface area contributed by atoms with E-state index in [9.17, 15) is 14.9 Å². The summed E-state index contributed by atoms with van der Waals surface area (Å²) in [6, 6.07) is 4.35. The van der Waals surface area contributed by atoms with Crippen molar-refractivity contribution in [2.24, 2.45) is 5.92 Å². The standard InChI is InChI=1S/C19H23ClN6O3S/c1-12-6-8-24(9-7-12)18-22-23-19(25(18)13-2-3-13)30-11-17(27)21-16-10-14(26(28)29)4-5-15(16)20/h4-5,10,12-13H,2-3,6-9,11H2,1H3,(H,21,27). The number of halogens is 1.